The van der Waals surface area contributed by atoms with Crippen LogP contribution in [0.15, 0.2) is 41.4 Å². The van der Waals surface area contributed by atoms with E-state index in [1.165, 1.54) is 0 Å². The molecular weight excluding hydrogens is 366 g/mol. The first-order valence-corrected chi connectivity index (χ1v) is 9.45. The quantitative estimate of drug-likeness (QED) is 0.622. The molecule has 4 rings (SSSR count). The number of nitrogens with two attached hydrogens (primary N) is 1. The Morgan fingerprint density at radius 1 is 1.11 bits per heavy atom. The third-order valence-corrected chi connectivity index (χ3v) is 4.90. The Labute approximate surface area is 163 Å². The molecule has 0 saturated heterocycles. The molecule has 0 saturated carbocycles. The number of para-hydroxylation sites is 1. The Kier molecular flexibility index (Phi) is 5.25. The van der Waals surface area contributed by atoms with Gasteiger partial charge in [0.05, 0.1) is 17.7 Å². The van der Waals surface area contributed by atoms with Crippen molar-refractivity contribution in [2.75, 3.05) is 26.4 Å². The van der Waals surface area contributed by atoms with Gasteiger partial charge in [0.15, 0.2) is 17.5 Å². The van der Waals surface area contributed by atoms with Crippen LogP contribution in [0.1, 0.15) is 23.6 Å². The smallest absolute Gasteiger partial charge is 0.189 e. The number of hydrogen-bond acceptors (Lipinski definition) is 4. The molecule has 0 aliphatic carbocycles. The highest BCUT2D eigenvalue weighted by molar-refractivity contribution is 6.32. The SMILES string of the molecule is NC(=NCCc1cc(Cl)c2c(c1)OCCO2)NC1CCOc2ccccc21. The number of nitrogens with one attached hydrogen (secondary N) is 1. The number of fused-ring (bicyclic) bond motifs is 2. The fourth-order valence-corrected chi connectivity index (χ4v) is 3.62. The highest BCUT2D eigenvalue weighted by atomic mass is 35.5. The molecule has 0 amide bonds. The molecule has 7 heteroatoms. The summed E-state index contributed by atoms with van der Waals surface area (Å²) in [5, 5.41) is 3.87. The molecule has 2 aromatic rings. The van der Waals surface area contributed by atoms with Crippen LogP contribution < -0.4 is 25.3 Å². The van der Waals surface area contributed by atoms with Gasteiger partial charge in [-0.2, -0.15) is 0 Å². The van der Waals surface area contributed by atoms with Gasteiger partial charge in [0, 0.05) is 18.5 Å². The number of hydrogen-bond donors (Lipinski definition) is 2. The first-order valence-electron chi connectivity index (χ1n) is 9.07. The minimum absolute atomic E-state index is 0.113. The van der Waals surface area contributed by atoms with Gasteiger partial charge in [-0.3, -0.25) is 4.99 Å². The van der Waals surface area contributed by atoms with E-state index >= 15 is 0 Å². The lowest BCUT2D eigenvalue weighted by molar-refractivity contribution is 0.171. The van der Waals surface area contributed by atoms with Crippen LogP contribution in [0.25, 0.3) is 0 Å². The third-order valence-electron chi connectivity index (χ3n) is 4.62. The van der Waals surface area contributed by atoms with Crippen LogP contribution in [0.3, 0.4) is 0 Å². The Bertz CT molecular complexity index is 856. The second-order valence-corrected chi connectivity index (χ2v) is 6.90. The third kappa shape index (κ3) is 4.06. The number of nitrogens with zero attached hydrogens (tertiary/aromatic N) is 1. The van der Waals surface area contributed by atoms with Crippen LogP contribution >= 0.6 is 11.6 Å². The van der Waals surface area contributed by atoms with Crippen molar-refractivity contribution in [1.82, 2.24) is 5.32 Å². The fourth-order valence-electron chi connectivity index (χ4n) is 3.33. The number of halogens is 1. The average Bonchev–Trinajstić information content (AvgIpc) is 2.68. The van der Waals surface area contributed by atoms with Crippen LogP contribution in [0, 0.1) is 0 Å². The first kappa shape index (κ1) is 17.8. The van der Waals surface area contributed by atoms with E-state index in [1.807, 2.05) is 30.3 Å². The second kappa shape index (κ2) is 7.96. The normalized spacial score (nSPS) is 18.4. The zero-order valence-corrected chi connectivity index (χ0v) is 15.7. The molecule has 2 heterocycles. The summed E-state index contributed by atoms with van der Waals surface area (Å²) in [7, 11) is 0. The zero-order valence-electron chi connectivity index (χ0n) is 14.9. The highest BCUT2D eigenvalue weighted by Crippen LogP contribution is 2.38. The molecule has 0 bridgehead atoms. The summed E-state index contributed by atoms with van der Waals surface area (Å²) in [6.45, 7) is 2.28. The first-order chi connectivity index (χ1) is 13.2. The Hall–Kier alpha value is -2.60. The maximum atomic E-state index is 6.28. The average molecular weight is 388 g/mol. The monoisotopic (exact) mass is 387 g/mol. The van der Waals surface area contributed by atoms with Crippen molar-refractivity contribution in [3.63, 3.8) is 0 Å². The lowest BCUT2D eigenvalue weighted by Gasteiger charge is -2.26. The number of guanidine groups is 1. The maximum Gasteiger partial charge on any atom is 0.189 e. The number of benzene rings is 2. The topological polar surface area (TPSA) is 78.1 Å². The molecule has 0 fully saturated rings. The van der Waals surface area contributed by atoms with Gasteiger partial charge in [0.2, 0.25) is 0 Å². The number of aliphatic imine (C=N–C) groups is 1. The summed E-state index contributed by atoms with van der Waals surface area (Å²) >= 11 is 6.28. The van der Waals surface area contributed by atoms with Crippen LogP contribution in [0.5, 0.6) is 17.2 Å². The molecule has 142 valence electrons. The lowest BCUT2D eigenvalue weighted by atomic mass is 10.0. The summed E-state index contributed by atoms with van der Waals surface area (Å²) in [4.78, 5) is 4.46. The van der Waals surface area contributed by atoms with Crippen LogP contribution in [-0.4, -0.2) is 32.3 Å². The minimum atomic E-state index is 0.113. The van der Waals surface area contributed by atoms with Gasteiger partial charge in [0.25, 0.3) is 0 Å². The maximum absolute atomic E-state index is 6.28. The Morgan fingerprint density at radius 2 is 1.93 bits per heavy atom. The van der Waals surface area contributed by atoms with Gasteiger partial charge >= 0.3 is 0 Å². The van der Waals surface area contributed by atoms with E-state index in [0.717, 1.165) is 23.3 Å². The predicted octanol–water partition coefficient (Wildman–Crippen LogP) is 3.08. The van der Waals surface area contributed by atoms with Crippen molar-refractivity contribution in [3.05, 3.63) is 52.5 Å². The summed E-state index contributed by atoms with van der Waals surface area (Å²) in [5.74, 6) is 2.65. The summed E-state index contributed by atoms with van der Waals surface area (Å²) in [6.07, 6.45) is 1.56. The van der Waals surface area contributed by atoms with E-state index in [0.29, 0.717) is 55.3 Å². The summed E-state index contributed by atoms with van der Waals surface area (Å²) in [5.41, 5.74) is 8.24. The molecule has 0 aromatic heterocycles. The highest BCUT2D eigenvalue weighted by Gasteiger charge is 2.21. The van der Waals surface area contributed by atoms with E-state index < -0.39 is 0 Å². The molecule has 2 aromatic carbocycles. The van der Waals surface area contributed by atoms with Crippen molar-refractivity contribution in [3.8, 4) is 17.2 Å². The van der Waals surface area contributed by atoms with Gasteiger partial charge in [-0.15, -0.1) is 0 Å². The van der Waals surface area contributed by atoms with Crippen molar-refractivity contribution >= 4 is 17.6 Å². The molecule has 1 unspecified atom stereocenters. The summed E-state index contributed by atoms with van der Waals surface area (Å²) in [6, 6.07) is 12.0. The van der Waals surface area contributed by atoms with E-state index in [-0.39, 0.29) is 6.04 Å². The predicted molar refractivity (Wildman–Crippen MR) is 105 cm³/mol. The van der Waals surface area contributed by atoms with Crippen LogP contribution in [0.2, 0.25) is 5.02 Å². The van der Waals surface area contributed by atoms with Crippen molar-refractivity contribution < 1.29 is 14.2 Å². The molecule has 0 spiro atoms. The van der Waals surface area contributed by atoms with Gasteiger partial charge < -0.3 is 25.3 Å². The van der Waals surface area contributed by atoms with Crippen molar-refractivity contribution in [2.45, 2.75) is 18.9 Å². The van der Waals surface area contributed by atoms with E-state index in [1.54, 1.807) is 0 Å². The summed E-state index contributed by atoms with van der Waals surface area (Å²) < 4.78 is 16.8. The minimum Gasteiger partial charge on any atom is -0.493 e. The molecular formula is C20H22ClN3O3. The van der Waals surface area contributed by atoms with Crippen LogP contribution in [0.4, 0.5) is 0 Å². The van der Waals surface area contributed by atoms with Gasteiger partial charge in [-0.1, -0.05) is 29.8 Å². The van der Waals surface area contributed by atoms with Gasteiger partial charge in [-0.05, 0) is 30.2 Å². The lowest BCUT2D eigenvalue weighted by Crippen LogP contribution is -2.37. The molecule has 0 radical (unpaired) electrons. The number of rotatable bonds is 4. The molecule has 6 nitrogen and oxygen atoms in total. The van der Waals surface area contributed by atoms with E-state index in [4.69, 9.17) is 31.5 Å². The molecule has 2 aliphatic rings. The Morgan fingerprint density at radius 3 is 2.85 bits per heavy atom. The van der Waals surface area contributed by atoms with Crippen molar-refractivity contribution in [2.24, 2.45) is 10.7 Å². The largest absolute Gasteiger partial charge is 0.493 e. The second-order valence-electron chi connectivity index (χ2n) is 6.49. The number of ether oxygens (including phenoxy) is 3. The molecule has 3 N–H and O–H groups in total. The molecule has 2 aliphatic heterocycles. The van der Waals surface area contributed by atoms with Gasteiger partial charge in [0.1, 0.15) is 19.0 Å². The van der Waals surface area contributed by atoms with E-state index in [9.17, 15) is 0 Å². The van der Waals surface area contributed by atoms with Crippen LogP contribution in [-0.2, 0) is 6.42 Å². The van der Waals surface area contributed by atoms with E-state index in [2.05, 4.69) is 16.4 Å². The zero-order chi connectivity index (χ0) is 18.6. The standard InChI is InChI=1S/C20H22ClN3O3/c21-15-11-13(12-18-19(15)27-10-9-26-18)5-7-23-20(22)24-16-6-8-25-17-4-2-1-3-14(16)17/h1-4,11-12,16H,5-10H2,(H3,22,23,24). The fraction of sp³-hybridized carbons (Fsp3) is 0.350. The molecule has 1 atom stereocenters. The Balaban J connectivity index is 1.37. The molecule has 27 heavy (non-hydrogen) atoms. The van der Waals surface area contributed by atoms with Gasteiger partial charge in [-0.25, -0.2) is 0 Å². The van der Waals surface area contributed by atoms with Crippen molar-refractivity contribution in [1.29, 1.82) is 0 Å².